The van der Waals surface area contributed by atoms with Crippen molar-refractivity contribution in [3.63, 3.8) is 0 Å². The maximum Gasteiger partial charge on any atom is 0.246 e. The zero-order valence-electron chi connectivity index (χ0n) is 8.85. The van der Waals surface area contributed by atoms with Crippen molar-refractivity contribution in [3.8, 4) is 0 Å². The van der Waals surface area contributed by atoms with E-state index in [0.717, 1.165) is 12.8 Å². The lowest BCUT2D eigenvalue weighted by Crippen LogP contribution is -2.56. The van der Waals surface area contributed by atoms with Gasteiger partial charge in [0.2, 0.25) is 6.43 Å². The molecule has 1 saturated carbocycles. The molecule has 2 bridgehead atoms. The highest BCUT2D eigenvalue weighted by Crippen LogP contribution is 2.54. The summed E-state index contributed by atoms with van der Waals surface area (Å²) in [6, 6.07) is 0. The smallest absolute Gasteiger partial charge is 0.246 e. The molecular formula is C11H18F2O. The van der Waals surface area contributed by atoms with E-state index in [9.17, 15) is 8.78 Å². The van der Waals surface area contributed by atoms with Crippen LogP contribution in [0.3, 0.4) is 0 Å². The van der Waals surface area contributed by atoms with E-state index in [1.807, 2.05) is 0 Å². The fourth-order valence-corrected chi connectivity index (χ4v) is 2.77. The lowest BCUT2D eigenvalue weighted by atomic mass is 9.63. The minimum Gasteiger partial charge on any atom is -0.374 e. The number of ether oxygens (including phenoxy) is 1. The van der Waals surface area contributed by atoms with Crippen molar-refractivity contribution < 1.29 is 13.5 Å². The largest absolute Gasteiger partial charge is 0.374 e. The topological polar surface area (TPSA) is 9.23 Å². The van der Waals surface area contributed by atoms with E-state index in [-0.39, 0.29) is 12.2 Å². The Labute approximate surface area is 83.8 Å². The van der Waals surface area contributed by atoms with Gasteiger partial charge in [-0.2, -0.15) is 0 Å². The number of rotatable bonds is 2. The van der Waals surface area contributed by atoms with Crippen molar-refractivity contribution in [2.45, 2.75) is 51.6 Å². The summed E-state index contributed by atoms with van der Waals surface area (Å²) in [4.78, 5) is 0. The molecule has 0 atom stereocenters. The second-order valence-corrected chi connectivity index (χ2v) is 5.17. The Morgan fingerprint density at radius 2 is 1.64 bits per heavy atom. The molecule has 0 aromatic heterocycles. The number of hydrogen-bond acceptors (Lipinski definition) is 1. The van der Waals surface area contributed by atoms with E-state index >= 15 is 0 Å². The first-order valence-corrected chi connectivity index (χ1v) is 5.43. The Morgan fingerprint density at radius 1 is 1.07 bits per heavy atom. The Bertz CT molecular complexity index is 177. The predicted molar refractivity (Wildman–Crippen MR) is 50.4 cm³/mol. The molecule has 14 heavy (non-hydrogen) atoms. The summed E-state index contributed by atoms with van der Waals surface area (Å²) >= 11 is 0. The van der Waals surface area contributed by atoms with Crippen LogP contribution in [0, 0.1) is 11.3 Å². The van der Waals surface area contributed by atoms with Crippen LogP contribution in [0.15, 0.2) is 0 Å². The molecule has 2 aliphatic heterocycles. The molecule has 0 N–H and O–H groups in total. The van der Waals surface area contributed by atoms with Gasteiger partial charge in [-0.1, -0.05) is 13.8 Å². The van der Waals surface area contributed by atoms with Crippen molar-refractivity contribution in [3.05, 3.63) is 0 Å². The third-order valence-corrected chi connectivity index (χ3v) is 4.25. The highest BCUT2D eigenvalue weighted by atomic mass is 19.3. The van der Waals surface area contributed by atoms with Crippen molar-refractivity contribution in [2.24, 2.45) is 11.3 Å². The molecule has 3 fully saturated rings. The summed E-state index contributed by atoms with van der Waals surface area (Å²) in [6.07, 6.45) is 0.698. The molecule has 2 heterocycles. The Morgan fingerprint density at radius 3 is 1.93 bits per heavy atom. The number of hydrogen-bond donors (Lipinski definition) is 0. The normalized spacial score (nSPS) is 42.4. The first-order chi connectivity index (χ1) is 6.51. The monoisotopic (exact) mass is 204 g/mol. The van der Waals surface area contributed by atoms with Gasteiger partial charge in [-0.05, 0) is 31.6 Å². The quantitative estimate of drug-likeness (QED) is 0.671. The minimum absolute atomic E-state index is 0.0867. The van der Waals surface area contributed by atoms with Gasteiger partial charge in [0, 0.05) is 0 Å². The third-order valence-electron chi connectivity index (χ3n) is 4.25. The second-order valence-electron chi connectivity index (χ2n) is 5.17. The molecule has 3 heteroatoms. The minimum atomic E-state index is -2.21. The van der Waals surface area contributed by atoms with Crippen LogP contribution in [-0.4, -0.2) is 18.6 Å². The lowest BCUT2D eigenvalue weighted by molar-refractivity contribution is -0.235. The Kier molecular flexibility index (Phi) is 2.33. The van der Waals surface area contributed by atoms with Crippen LogP contribution in [-0.2, 0) is 4.74 Å². The first-order valence-electron chi connectivity index (χ1n) is 5.43. The van der Waals surface area contributed by atoms with Crippen LogP contribution in [0.4, 0.5) is 8.78 Å². The van der Waals surface area contributed by atoms with Gasteiger partial charge in [-0.3, -0.25) is 0 Å². The Balaban J connectivity index is 2.13. The first kappa shape index (κ1) is 10.3. The summed E-state index contributed by atoms with van der Waals surface area (Å²) < 4.78 is 31.4. The van der Waals surface area contributed by atoms with E-state index in [1.54, 1.807) is 0 Å². The molecule has 0 amide bonds. The molecule has 0 radical (unpaired) electrons. The molecular weight excluding hydrogens is 186 g/mol. The molecule has 2 saturated heterocycles. The highest BCUT2D eigenvalue weighted by molar-refractivity contribution is 5.01. The van der Waals surface area contributed by atoms with Crippen molar-refractivity contribution in [1.82, 2.24) is 0 Å². The second kappa shape index (κ2) is 3.16. The van der Waals surface area contributed by atoms with Crippen LogP contribution in [0.2, 0.25) is 0 Å². The van der Waals surface area contributed by atoms with Crippen LogP contribution >= 0.6 is 0 Å². The third kappa shape index (κ3) is 1.28. The summed E-state index contributed by atoms with van der Waals surface area (Å²) in [5.74, 6) is 0.443. The average Bonchev–Trinajstić information content (AvgIpc) is 2.20. The molecule has 3 rings (SSSR count). The molecule has 1 aliphatic carbocycles. The van der Waals surface area contributed by atoms with Gasteiger partial charge in [-0.15, -0.1) is 0 Å². The fourth-order valence-electron chi connectivity index (χ4n) is 2.77. The van der Waals surface area contributed by atoms with Crippen molar-refractivity contribution in [1.29, 1.82) is 0 Å². The van der Waals surface area contributed by atoms with E-state index in [4.69, 9.17) is 4.74 Å². The summed E-state index contributed by atoms with van der Waals surface area (Å²) in [5.41, 5.74) is -0.896. The van der Waals surface area contributed by atoms with E-state index < -0.39 is 11.8 Å². The zero-order valence-corrected chi connectivity index (χ0v) is 8.85. The standard InChI is InChI=1S/C11H18F2O/c1-8(2)11-5-3-10(4-6-11,7-14-11)9(12)13/h8-9H,3-7H2,1-2H3. The van der Waals surface area contributed by atoms with E-state index in [0.29, 0.717) is 18.8 Å². The molecule has 0 spiro atoms. The maximum absolute atomic E-state index is 12.8. The van der Waals surface area contributed by atoms with Crippen LogP contribution in [0.5, 0.6) is 0 Å². The number of fused-ring (bicyclic) bond motifs is 3. The lowest BCUT2D eigenvalue weighted by Gasteiger charge is -2.54. The fraction of sp³-hybridized carbons (Fsp3) is 1.00. The van der Waals surface area contributed by atoms with Crippen molar-refractivity contribution in [2.75, 3.05) is 6.61 Å². The molecule has 0 aromatic rings. The molecule has 0 unspecified atom stereocenters. The highest BCUT2D eigenvalue weighted by Gasteiger charge is 2.55. The van der Waals surface area contributed by atoms with E-state index in [2.05, 4.69) is 13.8 Å². The summed E-state index contributed by atoms with van der Waals surface area (Å²) in [6.45, 7) is 4.52. The van der Waals surface area contributed by atoms with Crippen molar-refractivity contribution >= 4 is 0 Å². The van der Waals surface area contributed by atoms with Crippen LogP contribution < -0.4 is 0 Å². The summed E-state index contributed by atoms with van der Waals surface area (Å²) in [7, 11) is 0. The predicted octanol–water partition coefficient (Wildman–Crippen LogP) is 3.24. The van der Waals surface area contributed by atoms with Gasteiger partial charge in [0.15, 0.2) is 0 Å². The molecule has 3 aliphatic rings. The van der Waals surface area contributed by atoms with Gasteiger partial charge in [0.1, 0.15) is 0 Å². The SMILES string of the molecule is CC(C)C12CCC(C(F)F)(CC1)CO2. The molecule has 82 valence electrons. The summed E-state index contributed by atoms with van der Waals surface area (Å²) in [5, 5.41) is 0. The number of halogens is 2. The molecule has 1 nitrogen and oxygen atoms in total. The van der Waals surface area contributed by atoms with Gasteiger partial charge in [-0.25, -0.2) is 8.78 Å². The number of alkyl halides is 2. The van der Waals surface area contributed by atoms with Gasteiger partial charge in [0.25, 0.3) is 0 Å². The van der Waals surface area contributed by atoms with Gasteiger partial charge < -0.3 is 4.74 Å². The van der Waals surface area contributed by atoms with Crippen LogP contribution in [0.25, 0.3) is 0 Å². The zero-order chi connectivity index (χ0) is 10.4. The average molecular weight is 204 g/mol. The Hall–Kier alpha value is -0.180. The molecule has 0 aromatic carbocycles. The maximum atomic E-state index is 12.8. The van der Waals surface area contributed by atoms with Gasteiger partial charge >= 0.3 is 0 Å². The van der Waals surface area contributed by atoms with Gasteiger partial charge in [0.05, 0.1) is 17.6 Å². The van der Waals surface area contributed by atoms with Crippen LogP contribution in [0.1, 0.15) is 39.5 Å². The van der Waals surface area contributed by atoms with E-state index in [1.165, 1.54) is 0 Å².